The second-order valence-electron chi connectivity index (χ2n) is 6.38. The van der Waals surface area contributed by atoms with Crippen LogP contribution in [-0.4, -0.2) is 46.0 Å². The molecule has 0 aliphatic carbocycles. The minimum absolute atomic E-state index is 0.149. The van der Waals surface area contributed by atoms with Gasteiger partial charge in [-0.15, -0.1) is 0 Å². The van der Waals surface area contributed by atoms with Crippen LogP contribution in [0.1, 0.15) is 5.56 Å². The van der Waals surface area contributed by atoms with Gasteiger partial charge >= 0.3 is 5.69 Å². The molecule has 2 aromatic heterocycles. The number of fused-ring (bicyclic) bond motifs is 1. The van der Waals surface area contributed by atoms with Crippen molar-refractivity contribution >= 4 is 22.3 Å². The molecule has 1 aliphatic rings. The van der Waals surface area contributed by atoms with Crippen LogP contribution >= 0.6 is 0 Å². The van der Waals surface area contributed by atoms with Gasteiger partial charge in [-0.2, -0.15) is 0 Å². The Morgan fingerprint density at radius 1 is 1.04 bits per heavy atom. The number of anilines is 1. The van der Waals surface area contributed by atoms with Crippen LogP contribution in [0.15, 0.2) is 55.0 Å². The molecule has 4 rings (SSSR count). The molecule has 1 aromatic carbocycles. The molecule has 0 amide bonds. The normalized spacial score (nSPS) is 15.3. The summed E-state index contributed by atoms with van der Waals surface area (Å²) in [5.41, 5.74) is 2.66. The Morgan fingerprint density at radius 3 is 2.58 bits per heavy atom. The summed E-state index contributed by atoms with van der Waals surface area (Å²) in [5.74, 6) is 0. The van der Waals surface area contributed by atoms with Crippen molar-refractivity contribution < 1.29 is 4.92 Å². The molecule has 1 aliphatic heterocycles. The number of piperazine rings is 1. The first-order chi connectivity index (χ1) is 12.7. The molecule has 0 bridgehead atoms. The molecule has 0 radical (unpaired) electrons. The van der Waals surface area contributed by atoms with E-state index < -0.39 is 0 Å². The van der Waals surface area contributed by atoms with Gasteiger partial charge in [-0.05, 0) is 35.9 Å². The van der Waals surface area contributed by atoms with Crippen molar-refractivity contribution in [3.63, 3.8) is 0 Å². The molecular formula is C19H19N5O2. The Labute approximate surface area is 151 Å². The SMILES string of the molecule is O=[N+]([O-])c1c(N2CCN(Cc3cccnc3)CC2)ccc2ncccc12. The van der Waals surface area contributed by atoms with Gasteiger partial charge < -0.3 is 4.90 Å². The highest BCUT2D eigenvalue weighted by atomic mass is 16.6. The first-order valence-corrected chi connectivity index (χ1v) is 8.61. The molecule has 0 saturated carbocycles. The molecule has 1 saturated heterocycles. The van der Waals surface area contributed by atoms with Crippen LogP contribution < -0.4 is 4.90 Å². The van der Waals surface area contributed by atoms with E-state index in [9.17, 15) is 10.1 Å². The Hall–Kier alpha value is -3.06. The molecule has 0 N–H and O–H groups in total. The molecular weight excluding hydrogens is 330 g/mol. The molecule has 26 heavy (non-hydrogen) atoms. The largest absolute Gasteiger partial charge is 0.363 e. The van der Waals surface area contributed by atoms with E-state index in [0.717, 1.165) is 32.7 Å². The lowest BCUT2D eigenvalue weighted by Crippen LogP contribution is -2.46. The highest BCUT2D eigenvalue weighted by Gasteiger charge is 2.26. The van der Waals surface area contributed by atoms with Crippen molar-refractivity contribution in [1.29, 1.82) is 0 Å². The van der Waals surface area contributed by atoms with Crippen molar-refractivity contribution in [2.45, 2.75) is 6.54 Å². The lowest BCUT2D eigenvalue weighted by Gasteiger charge is -2.35. The number of benzene rings is 1. The van der Waals surface area contributed by atoms with Crippen LogP contribution in [0.25, 0.3) is 10.9 Å². The van der Waals surface area contributed by atoms with Gasteiger partial charge in [0.05, 0.1) is 15.8 Å². The van der Waals surface area contributed by atoms with Gasteiger partial charge in [-0.1, -0.05) is 6.07 Å². The van der Waals surface area contributed by atoms with Gasteiger partial charge in [0.2, 0.25) is 0 Å². The van der Waals surface area contributed by atoms with Gasteiger partial charge in [0.15, 0.2) is 0 Å². The Kier molecular flexibility index (Phi) is 4.45. The van der Waals surface area contributed by atoms with Crippen molar-refractivity contribution in [1.82, 2.24) is 14.9 Å². The van der Waals surface area contributed by atoms with Crippen molar-refractivity contribution in [2.24, 2.45) is 0 Å². The number of rotatable bonds is 4. The van der Waals surface area contributed by atoms with Crippen LogP contribution in [0.2, 0.25) is 0 Å². The maximum absolute atomic E-state index is 11.7. The molecule has 3 aromatic rings. The van der Waals surface area contributed by atoms with Crippen LogP contribution in [0.4, 0.5) is 11.4 Å². The van der Waals surface area contributed by atoms with Crippen LogP contribution in [0.3, 0.4) is 0 Å². The molecule has 0 spiro atoms. The number of nitro groups is 1. The molecule has 0 atom stereocenters. The lowest BCUT2D eigenvalue weighted by atomic mass is 10.1. The first kappa shape index (κ1) is 16.4. The van der Waals surface area contributed by atoms with Crippen LogP contribution in [-0.2, 0) is 6.54 Å². The average molecular weight is 349 g/mol. The summed E-state index contributed by atoms with van der Waals surface area (Å²) in [6.07, 6.45) is 5.31. The van der Waals surface area contributed by atoms with Crippen LogP contribution in [0.5, 0.6) is 0 Å². The fraction of sp³-hybridized carbons (Fsp3) is 0.263. The molecule has 0 unspecified atom stereocenters. The summed E-state index contributed by atoms with van der Waals surface area (Å²) < 4.78 is 0. The Morgan fingerprint density at radius 2 is 1.85 bits per heavy atom. The number of hydrogen-bond acceptors (Lipinski definition) is 6. The number of aromatic nitrogens is 2. The summed E-state index contributed by atoms with van der Waals surface area (Å²) in [6, 6.07) is 11.2. The van der Waals surface area contributed by atoms with E-state index in [2.05, 4.69) is 25.8 Å². The van der Waals surface area contributed by atoms with E-state index in [1.165, 1.54) is 5.56 Å². The fourth-order valence-corrected chi connectivity index (χ4v) is 3.47. The number of nitrogens with zero attached hydrogens (tertiary/aromatic N) is 5. The maximum Gasteiger partial charge on any atom is 0.301 e. The van der Waals surface area contributed by atoms with Crippen molar-refractivity contribution in [2.75, 3.05) is 31.1 Å². The first-order valence-electron chi connectivity index (χ1n) is 8.61. The lowest BCUT2D eigenvalue weighted by molar-refractivity contribution is -0.382. The van der Waals surface area contributed by atoms with Crippen molar-refractivity contribution in [3.8, 4) is 0 Å². The molecule has 1 fully saturated rings. The van der Waals surface area contributed by atoms with Gasteiger partial charge in [-0.25, -0.2) is 0 Å². The summed E-state index contributed by atoms with van der Waals surface area (Å²) in [7, 11) is 0. The van der Waals surface area contributed by atoms with E-state index >= 15 is 0 Å². The quantitative estimate of drug-likeness (QED) is 0.532. The fourth-order valence-electron chi connectivity index (χ4n) is 3.47. The Balaban J connectivity index is 1.54. The highest BCUT2D eigenvalue weighted by Crippen LogP contribution is 2.35. The van der Waals surface area contributed by atoms with Crippen molar-refractivity contribution in [3.05, 3.63) is 70.7 Å². The minimum atomic E-state index is -0.290. The second kappa shape index (κ2) is 7.05. The molecule has 7 nitrogen and oxygen atoms in total. The van der Waals surface area contributed by atoms with Gasteiger partial charge in [0.25, 0.3) is 0 Å². The third-order valence-corrected chi connectivity index (χ3v) is 4.76. The third-order valence-electron chi connectivity index (χ3n) is 4.76. The minimum Gasteiger partial charge on any atom is -0.363 e. The zero-order chi connectivity index (χ0) is 17.9. The molecule has 7 heteroatoms. The summed E-state index contributed by atoms with van der Waals surface area (Å²) >= 11 is 0. The van der Waals surface area contributed by atoms with E-state index in [0.29, 0.717) is 16.6 Å². The van der Waals surface area contributed by atoms with Gasteiger partial charge in [0, 0.05) is 51.3 Å². The maximum atomic E-state index is 11.7. The van der Waals surface area contributed by atoms with Gasteiger partial charge in [0.1, 0.15) is 5.69 Å². The topological polar surface area (TPSA) is 75.4 Å². The van der Waals surface area contributed by atoms with Gasteiger partial charge in [-0.3, -0.25) is 25.0 Å². The van der Waals surface area contributed by atoms with E-state index in [-0.39, 0.29) is 10.6 Å². The number of pyridine rings is 2. The summed E-state index contributed by atoms with van der Waals surface area (Å²) in [6.45, 7) is 4.08. The third kappa shape index (κ3) is 3.21. The number of hydrogen-bond donors (Lipinski definition) is 0. The molecule has 3 heterocycles. The summed E-state index contributed by atoms with van der Waals surface area (Å²) in [4.78, 5) is 24.3. The van der Waals surface area contributed by atoms with E-state index in [1.54, 1.807) is 24.5 Å². The highest BCUT2D eigenvalue weighted by molar-refractivity contribution is 5.94. The summed E-state index contributed by atoms with van der Waals surface area (Å²) in [5, 5.41) is 12.3. The zero-order valence-electron chi connectivity index (χ0n) is 14.3. The second-order valence-corrected chi connectivity index (χ2v) is 6.38. The smallest absolute Gasteiger partial charge is 0.301 e. The van der Waals surface area contributed by atoms with E-state index in [1.807, 2.05) is 24.4 Å². The predicted octanol–water partition coefficient (Wildman–Crippen LogP) is 2.86. The van der Waals surface area contributed by atoms with E-state index in [4.69, 9.17) is 0 Å². The number of nitro benzene ring substituents is 1. The predicted molar refractivity (Wildman–Crippen MR) is 100 cm³/mol. The monoisotopic (exact) mass is 349 g/mol. The average Bonchev–Trinajstić information content (AvgIpc) is 2.68. The zero-order valence-corrected chi connectivity index (χ0v) is 14.3. The van der Waals surface area contributed by atoms with Crippen LogP contribution in [0, 0.1) is 10.1 Å². The molecule has 132 valence electrons. The Bertz CT molecular complexity index is 924. The standard InChI is InChI=1S/C19H19N5O2/c25-24(26)19-16-4-2-8-21-17(16)5-6-18(19)23-11-9-22(10-12-23)14-15-3-1-7-20-13-15/h1-8,13H,9-12,14H2.